The Kier molecular flexibility index (Phi) is 16.2. The molecule has 0 aliphatic heterocycles. The molecule has 2 fully saturated rings. The highest BCUT2D eigenvalue weighted by Gasteiger charge is 2.65. The summed E-state index contributed by atoms with van der Waals surface area (Å²) in [7, 11) is 0. The Morgan fingerprint density at radius 2 is 1.74 bits per heavy atom. The Hall–Kier alpha value is -1.98. The van der Waals surface area contributed by atoms with Gasteiger partial charge in [0.05, 0.1) is 18.3 Å². The van der Waals surface area contributed by atoms with Gasteiger partial charge < -0.3 is 31.9 Å². The summed E-state index contributed by atoms with van der Waals surface area (Å²) in [6.07, 6.45) is 7.51. The van der Waals surface area contributed by atoms with E-state index in [0.717, 1.165) is 68.5 Å². The van der Waals surface area contributed by atoms with Crippen LogP contribution >= 0.6 is 11.8 Å². The van der Waals surface area contributed by atoms with Gasteiger partial charge in [-0.2, -0.15) is 0 Å². The van der Waals surface area contributed by atoms with Gasteiger partial charge in [-0.1, -0.05) is 39.8 Å². The first-order valence-electron chi connectivity index (χ1n) is 18.0. The second-order valence-electron chi connectivity index (χ2n) is 14.2. The van der Waals surface area contributed by atoms with Crippen LogP contribution in [0, 0.1) is 28.6 Å². The number of amides is 1. The molecule has 2 saturated carbocycles. The van der Waals surface area contributed by atoms with E-state index in [1.54, 1.807) is 0 Å². The summed E-state index contributed by atoms with van der Waals surface area (Å²) in [6, 6.07) is 7.71. The standard InChI is InChI=1S/C37H62N4O5S/c1-5-30(42)27(3)37-17-15-26(2)36(4,35(37)31(43)16-18-37)32(10-6-7-21-40-22-8-19-38)46-34(45)25-47-29-13-11-28(12-14-29)24-33(44)41-23-9-20-39/h11-14,26-27,30,32,35,40,42H,5-10,15-25,38-39H2,1-4H3,(H,41,44)/t26-,27+,30?,32-,35+,36+,37+/m1/s1. The van der Waals surface area contributed by atoms with Crippen molar-refractivity contribution in [2.24, 2.45) is 40.1 Å². The van der Waals surface area contributed by atoms with Gasteiger partial charge in [0.1, 0.15) is 11.9 Å². The number of nitrogens with one attached hydrogen (secondary N) is 2. The second-order valence-corrected chi connectivity index (χ2v) is 15.2. The number of aliphatic hydroxyl groups excluding tert-OH is 1. The lowest BCUT2D eigenvalue weighted by Gasteiger charge is -2.58. The van der Waals surface area contributed by atoms with Gasteiger partial charge in [0.2, 0.25) is 5.91 Å². The molecule has 7 N–H and O–H groups in total. The molecule has 3 rings (SSSR count). The predicted molar refractivity (Wildman–Crippen MR) is 190 cm³/mol. The minimum absolute atomic E-state index is 0.00517. The van der Waals surface area contributed by atoms with E-state index in [1.165, 1.54) is 11.8 Å². The highest BCUT2D eigenvalue weighted by Crippen LogP contribution is 2.65. The number of ether oxygens (including phenoxy) is 1. The van der Waals surface area contributed by atoms with Crippen LogP contribution in [0.4, 0.5) is 0 Å². The van der Waals surface area contributed by atoms with Crippen LogP contribution in [0.25, 0.3) is 0 Å². The monoisotopic (exact) mass is 674 g/mol. The number of benzene rings is 1. The maximum absolute atomic E-state index is 13.9. The molecule has 1 aromatic carbocycles. The third-order valence-corrected chi connectivity index (χ3v) is 12.3. The molecule has 7 atom stereocenters. The first kappa shape index (κ1) is 39.5. The van der Waals surface area contributed by atoms with Crippen LogP contribution in [-0.2, 0) is 25.5 Å². The van der Waals surface area contributed by atoms with Crippen molar-refractivity contribution in [2.45, 2.75) is 115 Å². The fourth-order valence-electron chi connectivity index (χ4n) is 8.28. The van der Waals surface area contributed by atoms with Crippen molar-refractivity contribution < 1.29 is 24.2 Å². The van der Waals surface area contributed by atoms with Gasteiger partial charge in [-0.05, 0) is 119 Å². The van der Waals surface area contributed by atoms with Gasteiger partial charge in [0, 0.05) is 29.2 Å². The third kappa shape index (κ3) is 10.3. The number of ketones is 1. The van der Waals surface area contributed by atoms with Gasteiger partial charge in [-0.3, -0.25) is 14.4 Å². The van der Waals surface area contributed by atoms with Crippen molar-refractivity contribution in [3.05, 3.63) is 29.8 Å². The number of rotatable bonds is 21. The molecule has 1 unspecified atom stereocenters. The Morgan fingerprint density at radius 3 is 2.43 bits per heavy atom. The highest BCUT2D eigenvalue weighted by molar-refractivity contribution is 8.00. The third-order valence-electron chi connectivity index (χ3n) is 11.3. The zero-order valence-electron chi connectivity index (χ0n) is 29.4. The van der Waals surface area contributed by atoms with Crippen molar-refractivity contribution in [1.29, 1.82) is 0 Å². The Labute approximate surface area is 287 Å². The number of thioether (sulfide) groups is 1. The maximum Gasteiger partial charge on any atom is 0.316 e. The summed E-state index contributed by atoms with van der Waals surface area (Å²) in [6.45, 7) is 12.1. The molecular formula is C37H62N4O5S. The zero-order chi connectivity index (χ0) is 34.5. The van der Waals surface area contributed by atoms with E-state index in [9.17, 15) is 19.5 Å². The first-order chi connectivity index (χ1) is 22.5. The van der Waals surface area contributed by atoms with Crippen molar-refractivity contribution in [2.75, 3.05) is 38.5 Å². The fraction of sp³-hybridized carbons (Fsp3) is 0.757. The molecule has 2 aliphatic carbocycles. The number of fused-ring (bicyclic) bond motifs is 1. The topological polar surface area (TPSA) is 157 Å². The van der Waals surface area contributed by atoms with Crippen LogP contribution in [-0.4, -0.2) is 73.5 Å². The van der Waals surface area contributed by atoms with E-state index in [-0.39, 0.29) is 46.6 Å². The van der Waals surface area contributed by atoms with Crippen LogP contribution in [0.1, 0.15) is 97.5 Å². The molecule has 1 aromatic rings. The summed E-state index contributed by atoms with van der Waals surface area (Å²) in [5, 5.41) is 17.4. The van der Waals surface area contributed by atoms with E-state index >= 15 is 0 Å². The molecule has 0 spiro atoms. The zero-order valence-corrected chi connectivity index (χ0v) is 30.2. The summed E-state index contributed by atoms with van der Waals surface area (Å²) < 4.78 is 6.45. The molecule has 0 bridgehead atoms. The Morgan fingerprint density at radius 1 is 1.06 bits per heavy atom. The minimum atomic E-state index is -0.521. The molecule has 1 amide bonds. The number of Topliss-reactive ketones (excluding diaryl/α,β-unsaturated/α-hetero) is 1. The number of hydrogen-bond donors (Lipinski definition) is 5. The first-order valence-corrected chi connectivity index (χ1v) is 19.0. The molecular weight excluding hydrogens is 612 g/mol. The number of carbonyl (C=O) groups excluding carboxylic acids is 3. The lowest BCUT2D eigenvalue weighted by atomic mass is 9.47. The summed E-state index contributed by atoms with van der Waals surface area (Å²) in [4.78, 5) is 40.5. The SMILES string of the molecule is CCC(O)[C@H](C)[C@]12CCC(=O)[C@H]1[C@](C)([C@@H](CCCCNCCCN)OC(=O)CSc1ccc(CC(=O)NCCCN)cc1)[C@H](C)CC2. The molecule has 0 heterocycles. The fourth-order valence-corrected chi connectivity index (χ4v) is 8.97. The number of hydrogen-bond acceptors (Lipinski definition) is 9. The quantitative estimate of drug-likeness (QED) is 0.0714. The summed E-state index contributed by atoms with van der Waals surface area (Å²) >= 11 is 1.42. The van der Waals surface area contributed by atoms with Crippen molar-refractivity contribution in [3.63, 3.8) is 0 Å². The van der Waals surface area contributed by atoms with Crippen LogP contribution in [0.5, 0.6) is 0 Å². The van der Waals surface area contributed by atoms with Crippen LogP contribution in [0.3, 0.4) is 0 Å². The number of aliphatic hydroxyl groups is 1. The van der Waals surface area contributed by atoms with E-state index in [2.05, 4.69) is 31.4 Å². The van der Waals surface area contributed by atoms with E-state index in [0.29, 0.717) is 45.3 Å². The minimum Gasteiger partial charge on any atom is -0.461 e. The van der Waals surface area contributed by atoms with Gasteiger partial charge in [-0.15, -0.1) is 11.8 Å². The molecule has 2 aliphatic rings. The molecule has 266 valence electrons. The largest absolute Gasteiger partial charge is 0.461 e. The van der Waals surface area contributed by atoms with Crippen molar-refractivity contribution in [1.82, 2.24) is 10.6 Å². The number of carbonyl (C=O) groups is 3. The van der Waals surface area contributed by atoms with Crippen molar-refractivity contribution in [3.8, 4) is 0 Å². The molecule has 10 heteroatoms. The number of unbranched alkanes of at least 4 members (excludes halogenated alkanes) is 1. The average Bonchev–Trinajstić information content (AvgIpc) is 3.42. The maximum atomic E-state index is 13.9. The molecule has 47 heavy (non-hydrogen) atoms. The van der Waals surface area contributed by atoms with Crippen LogP contribution in [0.15, 0.2) is 29.2 Å². The van der Waals surface area contributed by atoms with Gasteiger partial charge >= 0.3 is 5.97 Å². The summed E-state index contributed by atoms with van der Waals surface area (Å²) in [5.41, 5.74) is 11.2. The number of esters is 1. The number of nitrogens with two attached hydrogens (primary N) is 2. The van der Waals surface area contributed by atoms with Crippen molar-refractivity contribution >= 4 is 29.4 Å². The van der Waals surface area contributed by atoms with Crippen LogP contribution < -0.4 is 22.1 Å². The van der Waals surface area contributed by atoms with E-state index in [1.807, 2.05) is 31.2 Å². The van der Waals surface area contributed by atoms with Gasteiger partial charge in [0.25, 0.3) is 0 Å². The van der Waals surface area contributed by atoms with Gasteiger partial charge in [-0.25, -0.2) is 0 Å². The normalized spacial score (nSPS) is 26.0. The summed E-state index contributed by atoms with van der Waals surface area (Å²) in [5.74, 6) is 0.0604. The van der Waals surface area contributed by atoms with Crippen LogP contribution in [0.2, 0.25) is 0 Å². The lowest BCUT2D eigenvalue weighted by Crippen LogP contribution is -2.58. The molecule has 0 saturated heterocycles. The molecule has 0 aromatic heterocycles. The Bertz CT molecular complexity index is 1140. The lowest BCUT2D eigenvalue weighted by molar-refractivity contribution is -0.183. The average molecular weight is 675 g/mol. The highest BCUT2D eigenvalue weighted by atomic mass is 32.2. The van der Waals surface area contributed by atoms with E-state index < -0.39 is 17.6 Å². The van der Waals surface area contributed by atoms with E-state index in [4.69, 9.17) is 16.2 Å². The smallest absolute Gasteiger partial charge is 0.316 e. The van der Waals surface area contributed by atoms with Gasteiger partial charge in [0.15, 0.2) is 0 Å². The second kappa shape index (κ2) is 19.3. The molecule has 9 nitrogen and oxygen atoms in total. The molecule has 0 radical (unpaired) electrons. The predicted octanol–water partition coefficient (Wildman–Crippen LogP) is 4.62. The Balaban J connectivity index is 1.74.